The van der Waals surface area contributed by atoms with E-state index < -0.39 is 0 Å². The summed E-state index contributed by atoms with van der Waals surface area (Å²) in [4.78, 5) is 0. The van der Waals surface area contributed by atoms with Crippen molar-refractivity contribution in [2.75, 3.05) is 0 Å². The van der Waals surface area contributed by atoms with Gasteiger partial charge in [0.1, 0.15) is 0 Å². The Bertz CT molecular complexity index is 167. The van der Waals surface area contributed by atoms with Crippen LogP contribution in [0.3, 0.4) is 0 Å². The first-order valence-electron chi connectivity index (χ1n) is 6.00. The average molecular weight is 336 g/mol. The van der Waals surface area contributed by atoms with Gasteiger partial charge in [0, 0.05) is 19.5 Å². The molecule has 1 heteroatoms. The topological polar surface area (TPSA) is 0 Å². The van der Waals surface area contributed by atoms with E-state index in [1.165, 1.54) is 23.7 Å². The van der Waals surface area contributed by atoms with Crippen molar-refractivity contribution in [1.82, 2.24) is 0 Å². The molecule has 1 rings (SSSR count). The molecule has 0 unspecified atom stereocenters. The van der Waals surface area contributed by atoms with Gasteiger partial charge in [-0.2, -0.15) is 0 Å². The molecule has 0 nitrogen and oxygen atoms in total. The molecule has 0 aliphatic heterocycles. The molecule has 1 aliphatic rings. The minimum absolute atomic E-state index is 0. The zero-order chi connectivity index (χ0) is 14.4. The normalized spacial score (nSPS) is 19.5. The third-order valence-electron chi connectivity index (χ3n) is 3.19. The van der Waals surface area contributed by atoms with Crippen LogP contribution in [0.2, 0.25) is 0 Å². The Balaban J connectivity index is -0.000000409. The molecule has 1 saturated carbocycles. The number of hydrogen-bond donors (Lipinski definition) is 0. The van der Waals surface area contributed by atoms with Crippen molar-refractivity contribution in [2.45, 2.75) is 48.5 Å². The van der Waals surface area contributed by atoms with Gasteiger partial charge in [-0.25, -0.2) is 0 Å². The average Bonchev–Trinajstić information content (AvgIpc) is 2.48. The standard InChI is InChI=1S/C13H21.2C2H4.Rh/c1-8-9(2)11(4)12(10(8)3)13(5,6)7;2*1-2;/h1-7H3;2*1-2H2;. The summed E-state index contributed by atoms with van der Waals surface area (Å²) in [6.45, 7) is 27.8. The molecule has 0 aromatic heterocycles. The van der Waals surface area contributed by atoms with Crippen LogP contribution in [0.4, 0.5) is 0 Å². The summed E-state index contributed by atoms with van der Waals surface area (Å²) in [5.74, 6) is 7.47. The fourth-order valence-electron chi connectivity index (χ4n) is 2.34. The second kappa shape index (κ2) is 10.4. The van der Waals surface area contributed by atoms with Gasteiger partial charge < -0.3 is 0 Å². The maximum Gasteiger partial charge on any atom is 0 e. The molecule has 0 saturated heterocycles. The third-order valence-corrected chi connectivity index (χ3v) is 3.19. The molecule has 18 heavy (non-hydrogen) atoms. The monoisotopic (exact) mass is 336 g/mol. The molecule has 1 fully saturated rings. The van der Waals surface area contributed by atoms with Gasteiger partial charge in [-0.3, -0.25) is 0 Å². The fourth-order valence-corrected chi connectivity index (χ4v) is 2.34. The largest absolute Gasteiger partial charge is 0.0596 e. The van der Waals surface area contributed by atoms with E-state index in [1.54, 1.807) is 5.92 Å². The Morgan fingerprint density at radius 2 is 0.833 bits per heavy atom. The Labute approximate surface area is 130 Å². The predicted octanol–water partition coefficient (Wildman–Crippen LogP) is 5.30. The Morgan fingerprint density at radius 1 is 0.611 bits per heavy atom. The van der Waals surface area contributed by atoms with E-state index in [9.17, 15) is 0 Å². The van der Waals surface area contributed by atoms with E-state index in [1.807, 2.05) is 0 Å². The van der Waals surface area contributed by atoms with Crippen LogP contribution < -0.4 is 0 Å². The third kappa shape index (κ3) is 5.72. The molecule has 10 radical (unpaired) electrons. The second-order valence-corrected chi connectivity index (χ2v) is 5.12. The van der Waals surface area contributed by atoms with Gasteiger partial charge in [0.25, 0.3) is 0 Å². The van der Waals surface area contributed by atoms with Crippen molar-refractivity contribution in [3.05, 3.63) is 57.3 Å². The van der Waals surface area contributed by atoms with Crippen LogP contribution in [0.1, 0.15) is 48.5 Å². The fraction of sp³-hybridized carbons (Fsp3) is 0.471. The summed E-state index contributed by atoms with van der Waals surface area (Å²) in [5.41, 5.74) is 0.285. The summed E-state index contributed by atoms with van der Waals surface area (Å²) in [5, 5.41) is 0. The minimum atomic E-state index is 0. The summed E-state index contributed by atoms with van der Waals surface area (Å²) in [6, 6.07) is 0. The first-order valence-corrected chi connectivity index (χ1v) is 6.00. The van der Waals surface area contributed by atoms with E-state index >= 15 is 0 Å². The van der Waals surface area contributed by atoms with Crippen LogP contribution in [-0.4, -0.2) is 0 Å². The van der Waals surface area contributed by atoms with Crippen LogP contribution in [0.5, 0.6) is 0 Å². The number of hydrogen-bond acceptors (Lipinski definition) is 0. The van der Waals surface area contributed by atoms with Crippen LogP contribution in [0.25, 0.3) is 0 Å². The van der Waals surface area contributed by atoms with Crippen molar-refractivity contribution >= 4 is 0 Å². The van der Waals surface area contributed by atoms with E-state index in [0.717, 1.165) is 0 Å². The zero-order valence-electron chi connectivity index (χ0n) is 13.2. The Morgan fingerprint density at radius 3 is 0.944 bits per heavy atom. The van der Waals surface area contributed by atoms with Crippen molar-refractivity contribution in [2.24, 2.45) is 5.41 Å². The second-order valence-electron chi connectivity index (χ2n) is 5.12. The van der Waals surface area contributed by atoms with E-state index in [2.05, 4.69) is 76.2 Å². The summed E-state index contributed by atoms with van der Waals surface area (Å²) < 4.78 is 0. The quantitative estimate of drug-likeness (QED) is 0.526. The van der Waals surface area contributed by atoms with E-state index in [-0.39, 0.29) is 24.9 Å². The Hall–Kier alpha value is 0.623. The summed E-state index contributed by atoms with van der Waals surface area (Å²) in [6.07, 6.45) is 0. The molecular formula is C17H29Rh. The molecule has 106 valence electrons. The van der Waals surface area contributed by atoms with Gasteiger partial charge in [-0.15, -0.1) is 0 Å². The molecule has 0 aromatic carbocycles. The zero-order valence-corrected chi connectivity index (χ0v) is 14.8. The molecule has 0 amide bonds. The molecule has 0 atom stereocenters. The molecule has 0 N–H and O–H groups in total. The van der Waals surface area contributed by atoms with Gasteiger partial charge >= 0.3 is 0 Å². The van der Waals surface area contributed by atoms with Crippen LogP contribution in [0.15, 0.2) is 0 Å². The molecule has 0 aromatic rings. The molecule has 1 aliphatic carbocycles. The first-order chi connectivity index (χ1) is 7.76. The van der Waals surface area contributed by atoms with E-state index in [4.69, 9.17) is 0 Å². The molecular weight excluding hydrogens is 307 g/mol. The number of rotatable bonds is 0. The molecule has 0 bridgehead atoms. The van der Waals surface area contributed by atoms with Gasteiger partial charge in [-0.05, 0) is 35.0 Å². The van der Waals surface area contributed by atoms with Gasteiger partial charge in [0.05, 0.1) is 0 Å². The van der Waals surface area contributed by atoms with Gasteiger partial charge in [0.2, 0.25) is 0 Å². The predicted molar refractivity (Wildman–Crippen MR) is 79.8 cm³/mol. The van der Waals surface area contributed by atoms with Crippen molar-refractivity contribution in [3.8, 4) is 0 Å². The Kier molecular flexibility index (Phi) is 13.7. The van der Waals surface area contributed by atoms with Crippen LogP contribution in [0, 0.1) is 62.7 Å². The SMILES string of the molecule is C[C]1[C](C)[C](C)[C](C(C)(C)C)[C]1C.[CH2][CH2].[CH2][CH2].[Rh]. The first kappa shape index (κ1) is 23.7. The van der Waals surface area contributed by atoms with Crippen molar-refractivity contribution < 1.29 is 19.5 Å². The molecule has 0 heterocycles. The summed E-state index contributed by atoms with van der Waals surface area (Å²) >= 11 is 0. The van der Waals surface area contributed by atoms with Crippen molar-refractivity contribution in [3.63, 3.8) is 0 Å². The summed E-state index contributed by atoms with van der Waals surface area (Å²) in [7, 11) is 0. The smallest absolute Gasteiger partial charge is 0 e. The minimum Gasteiger partial charge on any atom is -0.0596 e. The molecule has 0 spiro atoms. The maximum absolute atomic E-state index is 3.00. The van der Waals surface area contributed by atoms with Crippen LogP contribution >= 0.6 is 0 Å². The van der Waals surface area contributed by atoms with E-state index in [0.29, 0.717) is 0 Å². The maximum atomic E-state index is 3.00. The van der Waals surface area contributed by atoms with Gasteiger partial charge in [-0.1, -0.05) is 76.2 Å². The van der Waals surface area contributed by atoms with Crippen molar-refractivity contribution in [1.29, 1.82) is 0 Å². The van der Waals surface area contributed by atoms with Crippen LogP contribution in [-0.2, 0) is 19.5 Å². The van der Waals surface area contributed by atoms with Gasteiger partial charge in [0.15, 0.2) is 0 Å².